The maximum atomic E-state index is 4.60. The SMILES string of the molecule is CCN1CCCC1CN(C)c1ccc2nccnc2n1. The molecule has 0 aliphatic carbocycles. The second-order valence-corrected chi connectivity index (χ2v) is 5.37. The van der Waals surface area contributed by atoms with E-state index in [0.29, 0.717) is 6.04 Å². The van der Waals surface area contributed by atoms with Crippen LogP contribution in [0.5, 0.6) is 0 Å². The van der Waals surface area contributed by atoms with Crippen molar-refractivity contribution in [3.05, 3.63) is 24.5 Å². The molecule has 5 nitrogen and oxygen atoms in total. The van der Waals surface area contributed by atoms with Gasteiger partial charge in [-0.05, 0) is 38.1 Å². The Labute approximate surface area is 119 Å². The molecule has 1 atom stereocenters. The summed E-state index contributed by atoms with van der Waals surface area (Å²) >= 11 is 0. The molecule has 0 saturated carbocycles. The third-order valence-corrected chi connectivity index (χ3v) is 4.10. The summed E-state index contributed by atoms with van der Waals surface area (Å²) in [4.78, 5) is 17.9. The molecule has 2 aromatic heterocycles. The van der Waals surface area contributed by atoms with E-state index in [2.05, 4.69) is 38.7 Å². The number of fused-ring (bicyclic) bond motifs is 1. The largest absolute Gasteiger partial charge is 0.358 e. The van der Waals surface area contributed by atoms with Crippen LogP contribution in [-0.4, -0.2) is 52.6 Å². The fraction of sp³-hybridized carbons (Fsp3) is 0.533. The molecule has 1 saturated heterocycles. The molecule has 3 heterocycles. The van der Waals surface area contributed by atoms with E-state index in [4.69, 9.17) is 0 Å². The smallest absolute Gasteiger partial charge is 0.180 e. The van der Waals surface area contributed by atoms with Gasteiger partial charge in [-0.3, -0.25) is 9.88 Å². The van der Waals surface area contributed by atoms with Crippen molar-refractivity contribution in [1.29, 1.82) is 0 Å². The van der Waals surface area contributed by atoms with Crippen molar-refractivity contribution in [2.24, 2.45) is 0 Å². The van der Waals surface area contributed by atoms with Gasteiger partial charge in [-0.1, -0.05) is 6.92 Å². The van der Waals surface area contributed by atoms with Gasteiger partial charge >= 0.3 is 0 Å². The number of rotatable bonds is 4. The number of anilines is 1. The molecule has 0 amide bonds. The molecule has 20 heavy (non-hydrogen) atoms. The summed E-state index contributed by atoms with van der Waals surface area (Å²) in [5.74, 6) is 0.973. The highest BCUT2D eigenvalue weighted by Gasteiger charge is 2.24. The van der Waals surface area contributed by atoms with Gasteiger partial charge in [-0.15, -0.1) is 0 Å². The quantitative estimate of drug-likeness (QED) is 0.850. The van der Waals surface area contributed by atoms with E-state index < -0.39 is 0 Å². The second kappa shape index (κ2) is 5.71. The number of aromatic nitrogens is 3. The van der Waals surface area contributed by atoms with Gasteiger partial charge in [0.2, 0.25) is 0 Å². The molecule has 106 valence electrons. The van der Waals surface area contributed by atoms with Crippen molar-refractivity contribution in [2.45, 2.75) is 25.8 Å². The van der Waals surface area contributed by atoms with Crippen LogP contribution < -0.4 is 4.90 Å². The molecule has 2 aromatic rings. The lowest BCUT2D eigenvalue weighted by molar-refractivity contribution is 0.270. The zero-order chi connectivity index (χ0) is 13.9. The molecule has 0 aromatic carbocycles. The Kier molecular flexibility index (Phi) is 3.78. The highest BCUT2D eigenvalue weighted by Crippen LogP contribution is 2.20. The van der Waals surface area contributed by atoms with Gasteiger partial charge in [0.05, 0.1) is 0 Å². The van der Waals surface area contributed by atoms with Crippen LogP contribution in [0.15, 0.2) is 24.5 Å². The second-order valence-electron chi connectivity index (χ2n) is 5.37. The standard InChI is InChI=1S/C15H21N5/c1-3-20-10-4-5-12(20)11-19(2)14-7-6-13-15(18-14)17-9-8-16-13/h6-9,12H,3-5,10-11H2,1-2H3. The Morgan fingerprint density at radius 1 is 1.30 bits per heavy atom. The molecule has 0 bridgehead atoms. The maximum Gasteiger partial charge on any atom is 0.180 e. The van der Waals surface area contributed by atoms with Crippen LogP contribution >= 0.6 is 0 Å². The zero-order valence-electron chi connectivity index (χ0n) is 12.2. The van der Waals surface area contributed by atoms with Crippen molar-refractivity contribution in [3.8, 4) is 0 Å². The molecule has 1 aliphatic heterocycles. The summed E-state index contributed by atoms with van der Waals surface area (Å²) < 4.78 is 0. The molecular weight excluding hydrogens is 250 g/mol. The molecule has 1 unspecified atom stereocenters. The maximum absolute atomic E-state index is 4.60. The molecular formula is C15H21N5. The summed E-state index contributed by atoms with van der Waals surface area (Å²) in [6.07, 6.45) is 5.98. The van der Waals surface area contributed by atoms with Crippen molar-refractivity contribution >= 4 is 17.0 Å². The third-order valence-electron chi connectivity index (χ3n) is 4.10. The Bertz CT molecular complexity index is 585. The molecule has 1 fully saturated rings. The summed E-state index contributed by atoms with van der Waals surface area (Å²) in [6.45, 7) is 5.62. The first kappa shape index (κ1) is 13.2. The summed E-state index contributed by atoms with van der Waals surface area (Å²) in [6, 6.07) is 4.67. The van der Waals surface area contributed by atoms with Crippen molar-refractivity contribution in [2.75, 3.05) is 31.6 Å². The number of hydrogen-bond donors (Lipinski definition) is 0. The average Bonchev–Trinajstić information content (AvgIpc) is 2.94. The van der Waals surface area contributed by atoms with Crippen LogP contribution in [0.4, 0.5) is 5.82 Å². The highest BCUT2D eigenvalue weighted by molar-refractivity contribution is 5.71. The van der Waals surface area contributed by atoms with Gasteiger partial charge in [0.25, 0.3) is 0 Å². The van der Waals surface area contributed by atoms with E-state index in [-0.39, 0.29) is 0 Å². The summed E-state index contributed by atoms with van der Waals surface area (Å²) in [5, 5.41) is 0. The van der Waals surface area contributed by atoms with Gasteiger partial charge in [0.15, 0.2) is 5.65 Å². The van der Waals surface area contributed by atoms with Gasteiger partial charge in [0, 0.05) is 32.0 Å². The van der Waals surface area contributed by atoms with Gasteiger partial charge in [-0.2, -0.15) is 0 Å². The number of pyridine rings is 1. The minimum Gasteiger partial charge on any atom is -0.358 e. The van der Waals surface area contributed by atoms with Gasteiger partial charge < -0.3 is 4.90 Å². The summed E-state index contributed by atoms with van der Waals surface area (Å²) in [5.41, 5.74) is 1.57. The van der Waals surface area contributed by atoms with Gasteiger partial charge in [0.1, 0.15) is 11.3 Å². The fourth-order valence-corrected chi connectivity index (χ4v) is 2.98. The Hall–Kier alpha value is -1.75. The fourth-order valence-electron chi connectivity index (χ4n) is 2.98. The van der Waals surface area contributed by atoms with Crippen LogP contribution in [0.1, 0.15) is 19.8 Å². The summed E-state index contributed by atoms with van der Waals surface area (Å²) in [7, 11) is 2.11. The van der Waals surface area contributed by atoms with E-state index in [0.717, 1.165) is 30.1 Å². The van der Waals surface area contributed by atoms with Gasteiger partial charge in [-0.25, -0.2) is 9.97 Å². The van der Waals surface area contributed by atoms with E-state index in [1.54, 1.807) is 12.4 Å². The first-order chi connectivity index (χ1) is 9.78. The molecule has 1 aliphatic rings. The first-order valence-electron chi connectivity index (χ1n) is 7.31. The zero-order valence-corrected chi connectivity index (χ0v) is 12.2. The van der Waals surface area contributed by atoms with Crippen LogP contribution in [0.2, 0.25) is 0 Å². The van der Waals surface area contributed by atoms with Crippen LogP contribution in [0.3, 0.4) is 0 Å². The lowest BCUT2D eigenvalue weighted by Crippen LogP contribution is -2.39. The monoisotopic (exact) mass is 271 g/mol. The number of likely N-dealkylation sites (N-methyl/N-ethyl adjacent to an activating group) is 2. The van der Waals surface area contributed by atoms with Crippen LogP contribution in [-0.2, 0) is 0 Å². The average molecular weight is 271 g/mol. The molecule has 5 heteroatoms. The van der Waals surface area contributed by atoms with E-state index in [1.165, 1.54) is 19.4 Å². The van der Waals surface area contributed by atoms with E-state index >= 15 is 0 Å². The lowest BCUT2D eigenvalue weighted by atomic mass is 10.2. The number of likely N-dealkylation sites (tertiary alicyclic amines) is 1. The van der Waals surface area contributed by atoms with E-state index in [1.807, 2.05) is 12.1 Å². The molecule has 0 N–H and O–H groups in total. The third kappa shape index (κ3) is 2.58. The Morgan fingerprint density at radius 2 is 2.15 bits per heavy atom. The molecule has 0 radical (unpaired) electrons. The van der Waals surface area contributed by atoms with Crippen molar-refractivity contribution in [1.82, 2.24) is 19.9 Å². The minimum atomic E-state index is 0.643. The predicted molar refractivity (Wildman–Crippen MR) is 80.9 cm³/mol. The van der Waals surface area contributed by atoms with Crippen molar-refractivity contribution < 1.29 is 0 Å². The number of nitrogens with zero attached hydrogens (tertiary/aromatic N) is 5. The van der Waals surface area contributed by atoms with Crippen molar-refractivity contribution in [3.63, 3.8) is 0 Å². The first-order valence-corrected chi connectivity index (χ1v) is 7.31. The topological polar surface area (TPSA) is 45.2 Å². The minimum absolute atomic E-state index is 0.643. The Morgan fingerprint density at radius 3 is 3.00 bits per heavy atom. The molecule has 3 rings (SSSR count). The normalized spacial score (nSPS) is 19.6. The number of hydrogen-bond acceptors (Lipinski definition) is 5. The van der Waals surface area contributed by atoms with E-state index in [9.17, 15) is 0 Å². The lowest BCUT2D eigenvalue weighted by Gasteiger charge is -2.28. The van der Waals surface area contributed by atoms with Crippen LogP contribution in [0.25, 0.3) is 11.2 Å². The van der Waals surface area contributed by atoms with Crippen LogP contribution in [0, 0.1) is 0 Å². The Balaban J connectivity index is 1.76. The molecule has 0 spiro atoms. The highest BCUT2D eigenvalue weighted by atomic mass is 15.2. The predicted octanol–water partition coefficient (Wildman–Crippen LogP) is 1.95.